The van der Waals surface area contributed by atoms with Crippen molar-refractivity contribution in [2.75, 3.05) is 7.05 Å². The average Bonchev–Trinajstić information content (AvgIpc) is 2.68. The van der Waals surface area contributed by atoms with Crippen LogP contribution in [0, 0.1) is 6.92 Å². The van der Waals surface area contributed by atoms with E-state index in [2.05, 4.69) is 16.4 Å². The first-order valence-electron chi connectivity index (χ1n) is 5.11. The number of aryl methyl sites for hydroxylation is 1. The number of rotatable bonds is 4. The van der Waals surface area contributed by atoms with Crippen molar-refractivity contribution in [2.45, 2.75) is 23.4 Å². The Kier molecular flexibility index (Phi) is 3.64. The molecule has 0 aliphatic rings. The highest BCUT2D eigenvalue weighted by Crippen LogP contribution is 2.29. The fourth-order valence-corrected chi connectivity index (χ4v) is 2.15. The van der Waals surface area contributed by atoms with Crippen LogP contribution in [0.25, 0.3) is 0 Å². The fourth-order valence-electron chi connectivity index (χ4n) is 1.37. The monoisotopic (exact) mass is 234 g/mol. The first kappa shape index (κ1) is 11.2. The van der Waals surface area contributed by atoms with Gasteiger partial charge in [0, 0.05) is 12.7 Å². The Balaban J connectivity index is 2.08. The molecule has 0 saturated heterocycles. The van der Waals surface area contributed by atoms with Gasteiger partial charge in [-0.15, -0.1) is 0 Å². The standard InChI is InChI=1S/C12H14N2OS/c1-9-11(5-6-15-9)16-12-4-3-10(7-13-2)8-14-12/h3-6,8,13H,7H2,1-2H3. The highest BCUT2D eigenvalue weighted by atomic mass is 32.2. The molecule has 0 aromatic carbocycles. The molecule has 0 fully saturated rings. The van der Waals surface area contributed by atoms with Gasteiger partial charge in [-0.3, -0.25) is 0 Å². The summed E-state index contributed by atoms with van der Waals surface area (Å²) in [6.45, 7) is 2.81. The topological polar surface area (TPSA) is 38.1 Å². The van der Waals surface area contributed by atoms with E-state index in [1.807, 2.05) is 32.3 Å². The second-order valence-electron chi connectivity index (χ2n) is 3.48. The molecule has 0 amide bonds. The Labute approximate surface area is 99.3 Å². The van der Waals surface area contributed by atoms with E-state index < -0.39 is 0 Å². The van der Waals surface area contributed by atoms with E-state index in [0.29, 0.717) is 0 Å². The molecule has 0 saturated carbocycles. The lowest BCUT2D eigenvalue weighted by atomic mass is 10.3. The minimum atomic E-state index is 0.850. The third-order valence-corrected chi connectivity index (χ3v) is 3.30. The second kappa shape index (κ2) is 5.18. The zero-order chi connectivity index (χ0) is 11.4. The minimum absolute atomic E-state index is 0.850. The Hall–Kier alpha value is -1.26. The maximum Gasteiger partial charge on any atom is 0.114 e. The van der Waals surface area contributed by atoms with Gasteiger partial charge in [0.2, 0.25) is 0 Å². The van der Waals surface area contributed by atoms with Crippen LogP contribution in [-0.4, -0.2) is 12.0 Å². The van der Waals surface area contributed by atoms with Crippen LogP contribution < -0.4 is 5.32 Å². The van der Waals surface area contributed by atoms with Crippen molar-refractivity contribution >= 4 is 11.8 Å². The summed E-state index contributed by atoms with van der Waals surface area (Å²) in [6.07, 6.45) is 3.60. The maximum absolute atomic E-state index is 5.24. The van der Waals surface area contributed by atoms with E-state index in [9.17, 15) is 0 Å². The third-order valence-electron chi connectivity index (χ3n) is 2.20. The van der Waals surface area contributed by atoms with Crippen molar-refractivity contribution in [3.8, 4) is 0 Å². The molecule has 0 aliphatic carbocycles. The largest absolute Gasteiger partial charge is 0.468 e. The number of pyridine rings is 1. The molecule has 4 heteroatoms. The first-order valence-corrected chi connectivity index (χ1v) is 5.92. The molecule has 16 heavy (non-hydrogen) atoms. The summed E-state index contributed by atoms with van der Waals surface area (Å²) in [4.78, 5) is 5.51. The molecule has 0 bridgehead atoms. The van der Waals surface area contributed by atoms with Crippen LogP contribution >= 0.6 is 11.8 Å². The van der Waals surface area contributed by atoms with E-state index in [1.165, 1.54) is 5.56 Å². The molecule has 0 spiro atoms. The van der Waals surface area contributed by atoms with Crippen molar-refractivity contribution in [1.29, 1.82) is 0 Å². The summed E-state index contributed by atoms with van der Waals surface area (Å²) in [6, 6.07) is 6.08. The van der Waals surface area contributed by atoms with Crippen LogP contribution in [0.15, 0.2) is 45.0 Å². The highest BCUT2D eigenvalue weighted by molar-refractivity contribution is 7.99. The lowest BCUT2D eigenvalue weighted by molar-refractivity contribution is 0.527. The van der Waals surface area contributed by atoms with Crippen molar-refractivity contribution < 1.29 is 4.42 Å². The van der Waals surface area contributed by atoms with Crippen LogP contribution in [0.1, 0.15) is 11.3 Å². The molecule has 2 rings (SSSR count). The number of aromatic nitrogens is 1. The van der Waals surface area contributed by atoms with Crippen LogP contribution in [0.4, 0.5) is 0 Å². The van der Waals surface area contributed by atoms with Gasteiger partial charge in [-0.05, 0) is 31.7 Å². The van der Waals surface area contributed by atoms with Gasteiger partial charge in [0.15, 0.2) is 0 Å². The number of nitrogens with zero attached hydrogens (tertiary/aromatic N) is 1. The SMILES string of the molecule is CNCc1ccc(Sc2ccoc2C)nc1. The summed E-state index contributed by atoms with van der Waals surface area (Å²) in [5.74, 6) is 0.936. The van der Waals surface area contributed by atoms with Gasteiger partial charge in [-0.2, -0.15) is 0 Å². The Morgan fingerprint density at radius 1 is 1.38 bits per heavy atom. The molecule has 2 aromatic heterocycles. The zero-order valence-electron chi connectivity index (χ0n) is 9.36. The number of hydrogen-bond donors (Lipinski definition) is 1. The van der Waals surface area contributed by atoms with Crippen LogP contribution in [0.5, 0.6) is 0 Å². The normalized spacial score (nSPS) is 10.6. The number of furan rings is 1. The average molecular weight is 234 g/mol. The third kappa shape index (κ3) is 2.65. The van der Waals surface area contributed by atoms with Crippen molar-refractivity contribution in [2.24, 2.45) is 0 Å². The van der Waals surface area contributed by atoms with Crippen molar-refractivity contribution in [3.63, 3.8) is 0 Å². The predicted octanol–water partition coefficient (Wildman–Crippen LogP) is 2.85. The summed E-state index contributed by atoms with van der Waals surface area (Å²) in [5.41, 5.74) is 1.19. The van der Waals surface area contributed by atoms with Gasteiger partial charge in [0.25, 0.3) is 0 Å². The van der Waals surface area contributed by atoms with Gasteiger partial charge >= 0.3 is 0 Å². The van der Waals surface area contributed by atoms with E-state index in [4.69, 9.17) is 4.42 Å². The lowest BCUT2D eigenvalue weighted by Gasteiger charge is -2.01. The Morgan fingerprint density at radius 2 is 2.25 bits per heavy atom. The van der Waals surface area contributed by atoms with Gasteiger partial charge in [-0.1, -0.05) is 17.8 Å². The Morgan fingerprint density at radius 3 is 2.81 bits per heavy atom. The quantitative estimate of drug-likeness (QED) is 0.882. The smallest absolute Gasteiger partial charge is 0.114 e. The zero-order valence-corrected chi connectivity index (χ0v) is 10.2. The molecule has 84 valence electrons. The Bertz CT molecular complexity index is 450. The van der Waals surface area contributed by atoms with Gasteiger partial charge in [-0.25, -0.2) is 4.98 Å². The minimum Gasteiger partial charge on any atom is -0.468 e. The number of nitrogens with one attached hydrogen (secondary N) is 1. The maximum atomic E-state index is 5.24. The highest BCUT2D eigenvalue weighted by Gasteiger charge is 2.04. The molecule has 0 aliphatic heterocycles. The molecule has 2 aromatic rings. The van der Waals surface area contributed by atoms with Gasteiger partial charge < -0.3 is 9.73 Å². The summed E-state index contributed by atoms with van der Waals surface area (Å²) in [5, 5.41) is 4.09. The molecule has 0 unspecified atom stereocenters. The van der Waals surface area contributed by atoms with E-state index in [0.717, 1.165) is 22.2 Å². The van der Waals surface area contributed by atoms with E-state index in [-0.39, 0.29) is 0 Å². The van der Waals surface area contributed by atoms with Gasteiger partial charge in [0.05, 0.1) is 11.2 Å². The molecule has 0 atom stereocenters. The molecule has 3 nitrogen and oxygen atoms in total. The molecular formula is C12H14N2OS. The summed E-state index contributed by atoms with van der Waals surface area (Å²) in [7, 11) is 1.93. The molecule has 0 radical (unpaired) electrons. The molecule has 2 heterocycles. The second-order valence-corrected chi connectivity index (χ2v) is 4.54. The lowest BCUT2D eigenvalue weighted by Crippen LogP contribution is -2.04. The van der Waals surface area contributed by atoms with Crippen LogP contribution in [0.3, 0.4) is 0 Å². The number of hydrogen-bond acceptors (Lipinski definition) is 4. The first-order chi connectivity index (χ1) is 7.79. The van der Waals surface area contributed by atoms with Crippen molar-refractivity contribution in [1.82, 2.24) is 10.3 Å². The van der Waals surface area contributed by atoms with Crippen LogP contribution in [-0.2, 0) is 6.54 Å². The van der Waals surface area contributed by atoms with E-state index >= 15 is 0 Å². The van der Waals surface area contributed by atoms with E-state index in [1.54, 1.807) is 18.0 Å². The van der Waals surface area contributed by atoms with Crippen molar-refractivity contribution in [3.05, 3.63) is 42.0 Å². The predicted molar refractivity (Wildman–Crippen MR) is 64.6 cm³/mol. The molecule has 1 N–H and O–H groups in total. The summed E-state index contributed by atoms with van der Waals surface area (Å²) >= 11 is 1.62. The summed E-state index contributed by atoms with van der Waals surface area (Å²) < 4.78 is 5.24. The van der Waals surface area contributed by atoms with Gasteiger partial charge in [0.1, 0.15) is 10.8 Å². The van der Waals surface area contributed by atoms with Crippen LogP contribution in [0.2, 0.25) is 0 Å². The fraction of sp³-hybridized carbons (Fsp3) is 0.250. The molecular weight excluding hydrogens is 220 g/mol.